The number of carbonyl (C=O) groups excluding carboxylic acids is 2. The molecular formula is C20H24N2O4S. The first-order chi connectivity index (χ1) is 12.8. The van der Waals surface area contributed by atoms with Gasteiger partial charge in [0.05, 0.1) is 5.75 Å². The van der Waals surface area contributed by atoms with Gasteiger partial charge in [-0.05, 0) is 31.0 Å². The highest BCUT2D eigenvalue weighted by molar-refractivity contribution is 7.89. The normalized spacial score (nSPS) is 11.2. The van der Waals surface area contributed by atoms with E-state index in [1.165, 1.54) is 18.7 Å². The van der Waals surface area contributed by atoms with Gasteiger partial charge in [-0.25, -0.2) is 13.1 Å². The van der Waals surface area contributed by atoms with Crippen molar-refractivity contribution in [3.8, 4) is 0 Å². The Balaban J connectivity index is 1.95. The summed E-state index contributed by atoms with van der Waals surface area (Å²) in [7, 11) is -3.45. The lowest BCUT2D eigenvalue weighted by Gasteiger charge is -2.22. The second-order valence-electron chi connectivity index (χ2n) is 6.23. The van der Waals surface area contributed by atoms with Crippen LogP contribution in [0, 0.1) is 0 Å². The molecule has 2 aromatic carbocycles. The van der Waals surface area contributed by atoms with E-state index in [0.717, 1.165) is 5.56 Å². The van der Waals surface area contributed by atoms with Gasteiger partial charge in [-0.15, -0.1) is 0 Å². The average molecular weight is 388 g/mol. The van der Waals surface area contributed by atoms with Crippen LogP contribution in [0.3, 0.4) is 0 Å². The number of ketones is 1. The van der Waals surface area contributed by atoms with Crippen molar-refractivity contribution in [1.29, 1.82) is 0 Å². The third kappa shape index (κ3) is 6.62. The van der Waals surface area contributed by atoms with Gasteiger partial charge in [0.2, 0.25) is 15.9 Å². The minimum atomic E-state index is -3.45. The standard InChI is InChI=1S/C20H24N2O4S/c1-16(23)19-9-6-10-20(15-19)22(17(2)24)13-12-21-27(25,26)14-11-18-7-4-3-5-8-18/h3-10,15,21H,11-14H2,1-2H3. The molecule has 2 rings (SSSR count). The number of sulfonamides is 1. The molecule has 0 saturated heterocycles. The first-order valence-corrected chi connectivity index (χ1v) is 10.3. The van der Waals surface area contributed by atoms with E-state index in [2.05, 4.69) is 4.72 Å². The number of anilines is 1. The van der Waals surface area contributed by atoms with Crippen LogP contribution in [0.5, 0.6) is 0 Å². The monoisotopic (exact) mass is 388 g/mol. The van der Waals surface area contributed by atoms with E-state index in [1.54, 1.807) is 24.3 Å². The van der Waals surface area contributed by atoms with Gasteiger partial charge >= 0.3 is 0 Å². The molecular weight excluding hydrogens is 364 g/mol. The number of hydrogen-bond donors (Lipinski definition) is 1. The van der Waals surface area contributed by atoms with Crippen molar-refractivity contribution in [3.05, 3.63) is 65.7 Å². The highest BCUT2D eigenvalue weighted by atomic mass is 32.2. The number of hydrogen-bond acceptors (Lipinski definition) is 4. The van der Waals surface area contributed by atoms with E-state index in [1.807, 2.05) is 30.3 Å². The van der Waals surface area contributed by atoms with Crippen LogP contribution in [0.1, 0.15) is 29.8 Å². The molecule has 2 aromatic rings. The molecule has 6 nitrogen and oxygen atoms in total. The lowest BCUT2D eigenvalue weighted by molar-refractivity contribution is -0.116. The maximum absolute atomic E-state index is 12.2. The smallest absolute Gasteiger partial charge is 0.223 e. The summed E-state index contributed by atoms with van der Waals surface area (Å²) >= 11 is 0. The van der Waals surface area contributed by atoms with Crippen molar-refractivity contribution in [2.75, 3.05) is 23.7 Å². The molecule has 144 valence electrons. The van der Waals surface area contributed by atoms with Gasteiger partial charge in [0, 0.05) is 31.3 Å². The van der Waals surface area contributed by atoms with E-state index in [0.29, 0.717) is 17.7 Å². The van der Waals surface area contributed by atoms with Crippen molar-refractivity contribution in [2.24, 2.45) is 0 Å². The Bertz CT molecular complexity index is 895. The summed E-state index contributed by atoms with van der Waals surface area (Å²) in [6.07, 6.45) is 0.424. The zero-order valence-electron chi connectivity index (χ0n) is 15.5. The number of aryl methyl sites for hydroxylation is 1. The van der Waals surface area contributed by atoms with E-state index >= 15 is 0 Å². The number of nitrogens with one attached hydrogen (secondary N) is 1. The summed E-state index contributed by atoms with van der Waals surface area (Å²) in [6, 6.07) is 16.1. The highest BCUT2D eigenvalue weighted by Gasteiger charge is 2.15. The van der Waals surface area contributed by atoms with Gasteiger partial charge < -0.3 is 4.90 Å². The molecule has 0 spiro atoms. The fourth-order valence-electron chi connectivity index (χ4n) is 2.64. The lowest BCUT2D eigenvalue weighted by atomic mass is 10.1. The Labute approximate surface area is 160 Å². The van der Waals surface area contributed by atoms with Crippen LogP contribution >= 0.6 is 0 Å². The number of nitrogens with zero attached hydrogens (tertiary/aromatic N) is 1. The molecule has 7 heteroatoms. The Hall–Kier alpha value is -2.51. The van der Waals surface area contributed by atoms with E-state index < -0.39 is 10.0 Å². The lowest BCUT2D eigenvalue weighted by Crippen LogP contribution is -2.38. The zero-order chi connectivity index (χ0) is 19.9. The molecule has 0 radical (unpaired) electrons. The number of amides is 1. The Morgan fingerprint density at radius 3 is 2.33 bits per heavy atom. The molecule has 0 aliphatic carbocycles. The SMILES string of the molecule is CC(=O)c1cccc(N(CCNS(=O)(=O)CCc2ccccc2)C(C)=O)c1. The third-order valence-electron chi connectivity index (χ3n) is 4.10. The van der Waals surface area contributed by atoms with Crippen LogP contribution in [-0.2, 0) is 21.2 Å². The van der Waals surface area contributed by atoms with E-state index in [-0.39, 0.29) is 30.5 Å². The summed E-state index contributed by atoms with van der Waals surface area (Å²) < 4.78 is 26.9. The number of rotatable bonds is 9. The van der Waals surface area contributed by atoms with Crippen molar-refractivity contribution >= 4 is 27.4 Å². The maximum atomic E-state index is 12.2. The van der Waals surface area contributed by atoms with E-state index in [4.69, 9.17) is 0 Å². The predicted molar refractivity (Wildman–Crippen MR) is 106 cm³/mol. The van der Waals surface area contributed by atoms with Crippen LogP contribution < -0.4 is 9.62 Å². The number of carbonyl (C=O) groups is 2. The molecule has 1 N–H and O–H groups in total. The molecule has 0 aromatic heterocycles. The zero-order valence-corrected chi connectivity index (χ0v) is 16.3. The fourth-order valence-corrected chi connectivity index (χ4v) is 3.69. The molecule has 0 aliphatic heterocycles. The Morgan fingerprint density at radius 2 is 1.70 bits per heavy atom. The first kappa shape index (κ1) is 20.8. The topological polar surface area (TPSA) is 83.6 Å². The molecule has 0 fully saturated rings. The summed E-state index contributed by atoms with van der Waals surface area (Å²) in [4.78, 5) is 24.9. The Kier molecular flexibility index (Phi) is 7.27. The van der Waals surface area contributed by atoms with Gasteiger partial charge in [-0.3, -0.25) is 9.59 Å². The van der Waals surface area contributed by atoms with Crippen molar-refractivity contribution in [2.45, 2.75) is 20.3 Å². The van der Waals surface area contributed by atoms with Crippen LogP contribution in [0.25, 0.3) is 0 Å². The highest BCUT2D eigenvalue weighted by Crippen LogP contribution is 2.16. The predicted octanol–water partition coefficient (Wildman–Crippen LogP) is 2.40. The second kappa shape index (κ2) is 9.43. The van der Waals surface area contributed by atoms with Crippen LogP contribution in [-0.4, -0.2) is 39.0 Å². The molecule has 27 heavy (non-hydrogen) atoms. The minimum Gasteiger partial charge on any atom is -0.311 e. The maximum Gasteiger partial charge on any atom is 0.223 e. The van der Waals surface area contributed by atoms with Crippen LogP contribution in [0.2, 0.25) is 0 Å². The molecule has 0 bridgehead atoms. The molecule has 0 aliphatic rings. The molecule has 0 heterocycles. The van der Waals surface area contributed by atoms with Gasteiger partial charge in [0.1, 0.15) is 0 Å². The summed E-state index contributed by atoms with van der Waals surface area (Å²) in [6.45, 7) is 3.14. The second-order valence-corrected chi connectivity index (χ2v) is 8.15. The summed E-state index contributed by atoms with van der Waals surface area (Å²) in [5.74, 6) is -0.335. The van der Waals surface area contributed by atoms with E-state index in [9.17, 15) is 18.0 Å². The molecule has 0 unspecified atom stereocenters. The quantitative estimate of drug-likeness (QED) is 0.669. The Morgan fingerprint density at radius 1 is 1.00 bits per heavy atom. The summed E-state index contributed by atoms with van der Waals surface area (Å²) in [5, 5.41) is 0. The van der Waals surface area contributed by atoms with Gasteiger partial charge in [-0.1, -0.05) is 42.5 Å². The van der Waals surface area contributed by atoms with Gasteiger partial charge in [0.25, 0.3) is 0 Å². The minimum absolute atomic E-state index is 0.0170. The number of Topliss-reactive ketones (excluding diaryl/α,β-unsaturated/α-hetero) is 1. The molecule has 0 saturated carbocycles. The van der Waals surface area contributed by atoms with Crippen LogP contribution in [0.15, 0.2) is 54.6 Å². The van der Waals surface area contributed by atoms with Crippen molar-refractivity contribution < 1.29 is 18.0 Å². The first-order valence-electron chi connectivity index (χ1n) is 8.69. The van der Waals surface area contributed by atoms with Gasteiger partial charge in [0.15, 0.2) is 5.78 Å². The summed E-state index contributed by atoms with van der Waals surface area (Å²) in [5.41, 5.74) is 2.02. The van der Waals surface area contributed by atoms with Crippen LogP contribution in [0.4, 0.5) is 5.69 Å². The number of benzene rings is 2. The molecule has 0 atom stereocenters. The molecule has 1 amide bonds. The largest absolute Gasteiger partial charge is 0.311 e. The average Bonchev–Trinajstić information content (AvgIpc) is 2.64. The fraction of sp³-hybridized carbons (Fsp3) is 0.300. The van der Waals surface area contributed by atoms with Gasteiger partial charge in [-0.2, -0.15) is 0 Å². The van der Waals surface area contributed by atoms with Crippen molar-refractivity contribution in [1.82, 2.24) is 4.72 Å². The third-order valence-corrected chi connectivity index (χ3v) is 5.49. The van der Waals surface area contributed by atoms with Crippen molar-refractivity contribution in [3.63, 3.8) is 0 Å².